The summed E-state index contributed by atoms with van der Waals surface area (Å²) in [5, 5.41) is 4.48. The summed E-state index contributed by atoms with van der Waals surface area (Å²) in [6.45, 7) is 0.110. The number of halogens is 1. The number of nitrogens with one attached hydrogen (secondary N) is 1. The SMILES string of the molecule is COC(=O)Oc1ccc(/C=N\NC(=O)c2ccc(N(Cc3ccc(Cl)cc3)S(C)(=O)=O)cc2)cc1OC. The average molecular weight is 546 g/mol. The van der Waals surface area contributed by atoms with Gasteiger partial charge in [-0.05, 0) is 65.7 Å². The van der Waals surface area contributed by atoms with Gasteiger partial charge in [-0.3, -0.25) is 9.10 Å². The van der Waals surface area contributed by atoms with Gasteiger partial charge >= 0.3 is 6.16 Å². The number of sulfonamides is 1. The maximum absolute atomic E-state index is 12.5. The fraction of sp³-hybridized carbons (Fsp3) is 0.160. The molecule has 1 N–H and O–H groups in total. The number of rotatable bonds is 9. The lowest BCUT2D eigenvalue weighted by atomic mass is 10.2. The Hall–Kier alpha value is -4.09. The fourth-order valence-electron chi connectivity index (χ4n) is 3.14. The summed E-state index contributed by atoms with van der Waals surface area (Å²) in [5.41, 5.74) is 4.41. The summed E-state index contributed by atoms with van der Waals surface area (Å²) in [7, 11) is -0.991. The minimum atomic E-state index is -3.59. The Labute approximate surface area is 219 Å². The minimum absolute atomic E-state index is 0.110. The number of hydrazone groups is 1. The molecule has 0 fully saturated rings. The maximum Gasteiger partial charge on any atom is 0.513 e. The highest BCUT2D eigenvalue weighted by Crippen LogP contribution is 2.28. The summed E-state index contributed by atoms with van der Waals surface area (Å²) in [6.07, 6.45) is 1.61. The number of methoxy groups -OCH3 is 2. The number of benzene rings is 3. The number of nitrogens with zero attached hydrogens (tertiary/aromatic N) is 2. The third-order valence-electron chi connectivity index (χ3n) is 4.98. The van der Waals surface area contributed by atoms with E-state index in [9.17, 15) is 18.0 Å². The van der Waals surface area contributed by atoms with Gasteiger partial charge in [0.1, 0.15) is 0 Å². The zero-order valence-electron chi connectivity index (χ0n) is 20.2. The van der Waals surface area contributed by atoms with E-state index in [1.807, 2.05) is 0 Å². The van der Waals surface area contributed by atoms with Crippen molar-refractivity contribution in [2.75, 3.05) is 24.8 Å². The third-order valence-corrected chi connectivity index (χ3v) is 6.38. The second-order valence-corrected chi connectivity index (χ2v) is 9.95. The van der Waals surface area contributed by atoms with Crippen LogP contribution < -0.4 is 19.2 Å². The number of carbonyl (C=O) groups excluding carboxylic acids is 2. The molecule has 3 aromatic rings. The molecular weight excluding hydrogens is 522 g/mol. The van der Waals surface area contributed by atoms with E-state index in [-0.39, 0.29) is 23.6 Å². The minimum Gasteiger partial charge on any atom is -0.493 e. The number of ether oxygens (including phenoxy) is 3. The Morgan fingerprint density at radius 2 is 1.68 bits per heavy atom. The molecule has 37 heavy (non-hydrogen) atoms. The van der Waals surface area contributed by atoms with Gasteiger partial charge in [-0.15, -0.1) is 0 Å². The Morgan fingerprint density at radius 1 is 1.00 bits per heavy atom. The zero-order valence-corrected chi connectivity index (χ0v) is 21.7. The van der Waals surface area contributed by atoms with E-state index in [1.54, 1.807) is 48.5 Å². The summed E-state index contributed by atoms with van der Waals surface area (Å²) >= 11 is 5.91. The van der Waals surface area contributed by atoms with Crippen LogP contribution in [0.5, 0.6) is 11.5 Å². The van der Waals surface area contributed by atoms with Crippen molar-refractivity contribution in [3.63, 3.8) is 0 Å². The Bertz CT molecular complexity index is 1390. The molecule has 0 aliphatic heterocycles. The van der Waals surface area contributed by atoms with E-state index in [2.05, 4.69) is 15.3 Å². The first-order chi connectivity index (χ1) is 17.6. The predicted molar refractivity (Wildman–Crippen MR) is 140 cm³/mol. The van der Waals surface area contributed by atoms with Crippen molar-refractivity contribution in [2.24, 2.45) is 5.10 Å². The standard InChI is InChI=1S/C25H24ClN3O7S/c1-34-23-14-18(6-13-22(23)36-25(31)35-2)15-27-28-24(30)19-7-11-21(12-8-19)29(37(3,32)33)16-17-4-9-20(26)10-5-17/h4-15H,16H2,1-3H3,(H,28,30)/b27-15-. The van der Waals surface area contributed by atoms with Gasteiger partial charge in [0.05, 0.1) is 38.9 Å². The van der Waals surface area contributed by atoms with E-state index >= 15 is 0 Å². The highest BCUT2D eigenvalue weighted by Gasteiger charge is 2.18. The molecule has 0 heterocycles. The second-order valence-electron chi connectivity index (χ2n) is 7.61. The molecule has 0 bridgehead atoms. The molecule has 3 aromatic carbocycles. The van der Waals surface area contributed by atoms with Crippen molar-refractivity contribution in [1.29, 1.82) is 0 Å². The van der Waals surface area contributed by atoms with Crippen molar-refractivity contribution in [3.05, 3.63) is 88.4 Å². The topological polar surface area (TPSA) is 124 Å². The number of hydrogen-bond donors (Lipinski definition) is 1. The van der Waals surface area contributed by atoms with Gasteiger partial charge in [0.25, 0.3) is 5.91 Å². The van der Waals surface area contributed by atoms with Crippen molar-refractivity contribution in [1.82, 2.24) is 5.43 Å². The molecule has 194 valence electrons. The second kappa shape index (κ2) is 12.2. The maximum atomic E-state index is 12.5. The summed E-state index contributed by atoms with van der Waals surface area (Å²) in [4.78, 5) is 23.8. The number of carbonyl (C=O) groups is 2. The molecule has 1 amide bonds. The van der Waals surface area contributed by atoms with E-state index in [0.29, 0.717) is 16.3 Å². The normalized spacial score (nSPS) is 11.1. The largest absolute Gasteiger partial charge is 0.513 e. The van der Waals surface area contributed by atoms with E-state index in [4.69, 9.17) is 21.1 Å². The van der Waals surface area contributed by atoms with Crippen LogP contribution in [0.15, 0.2) is 71.8 Å². The number of amides is 1. The van der Waals surface area contributed by atoms with Crippen LogP contribution in [0, 0.1) is 0 Å². The smallest absolute Gasteiger partial charge is 0.493 e. The highest BCUT2D eigenvalue weighted by atomic mass is 35.5. The molecule has 0 aromatic heterocycles. The van der Waals surface area contributed by atoms with Crippen LogP contribution in [-0.4, -0.2) is 47.2 Å². The summed E-state index contributed by atoms with van der Waals surface area (Å²) in [6, 6.07) is 17.6. The number of hydrogen-bond acceptors (Lipinski definition) is 8. The fourth-order valence-corrected chi connectivity index (χ4v) is 4.16. The van der Waals surface area contributed by atoms with Crippen LogP contribution in [0.1, 0.15) is 21.5 Å². The molecule has 12 heteroatoms. The van der Waals surface area contributed by atoms with Gasteiger partial charge < -0.3 is 14.2 Å². The molecule has 0 spiro atoms. The molecule has 10 nitrogen and oxygen atoms in total. The van der Waals surface area contributed by atoms with E-state index in [0.717, 1.165) is 11.8 Å². The van der Waals surface area contributed by atoms with Gasteiger partial charge in [0, 0.05) is 10.6 Å². The lowest BCUT2D eigenvalue weighted by Gasteiger charge is -2.22. The van der Waals surface area contributed by atoms with Crippen LogP contribution >= 0.6 is 11.6 Å². The van der Waals surface area contributed by atoms with Crippen molar-refractivity contribution < 1.29 is 32.2 Å². The first kappa shape index (κ1) is 27.5. The third kappa shape index (κ3) is 7.69. The lowest BCUT2D eigenvalue weighted by Crippen LogP contribution is -2.29. The quantitative estimate of drug-likeness (QED) is 0.185. The Kier molecular flexibility index (Phi) is 9.10. The van der Waals surface area contributed by atoms with Crippen molar-refractivity contribution in [2.45, 2.75) is 6.54 Å². The molecule has 0 saturated carbocycles. The summed E-state index contributed by atoms with van der Waals surface area (Å²) in [5.74, 6) is -0.0656. The molecule has 0 aliphatic carbocycles. The van der Waals surface area contributed by atoms with E-state index in [1.165, 1.54) is 42.9 Å². The van der Waals surface area contributed by atoms with Crippen LogP contribution in [0.4, 0.5) is 10.5 Å². The van der Waals surface area contributed by atoms with Gasteiger partial charge in [0.15, 0.2) is 11.5 Å². The molecular formula is C25H24ClN3O7S. The summed E-state index contributed by atoms with van der Waals surface area (Å²) < 4.78 is 40.6. The van der Waals surface area contributed by atoms with Gasteiger partial charge in [-0.2, -0.15) is 5.10 Å². The van der Waals surface area contributed by atoms with Gasteiger partial charge in [-0.25, -0.2) is 18.6 Å². The molecule has 3 rings (SSSR count). The number of anilines is 1. The molecule has 0 saturated heterocycles. The average Bonchev–Trinajstić information content (AvgIpc) is 2.88. The Morgan fingerprint density at radius 3 is 2.27 bits per heavy atom. The van der Waals surface area contributed by atoms with Crippen LogP contribution in [0.2, 0.25) is 5.02 Å². The van der Waals surface area contributed by atoms with Gasteiger partial charge in [0.2, 0.25) is 10.0 Å². The monoisotopic (exact) mass is 545 g/mol. The predicted octanol–water partition coefficient (Wildman–Crippen LogP) is 4.22. The first-order valence-electron chi connectivity index (χ1n) is 10.7. The first-order valence-corrected chi connectivity index (χ1v) is 12.9. The molecule has 0 aliphatic rings. The van der Waals surface area contributed by atoms with Crippen LogP contribution in [0.25, 0.3) is 0 Å². The van der Waals surface area contributed by atoms with E-state index < -0.39 is 22.1 Å². The molecule has 0 atom stereocenters. The van der Waals surface area contributed by atoms with Gasteiger partial charge in [-0.1, -0.05) is 23.7 Å². The molecule has 0 unspecified atom stereocenters. The Balaban J connectivity index is 1.68. The zero-order chi connectivity index (χ0) is 27.0. The lowest BCUT2D eigenvalue weighted by molar-refractivity contribution is 0.0955. The van der Waals surface area contributed by atoms with Crippen molar-refractivity contribution in [3.8, 4) is 11.5 Å². The van der Waals surface area contributed by atoms with Crippen LogP contribution in [0.3, 0.4) is 0 Å². The van der Waals surface area contributed by atoms with Crippen molar-refractivity contribution >= 4 is 45.6 Å². The molecule has 0 radical (unpaired) electrons. The highest BCUT2D eigenvalue weighted by molar-refractivity contribution is 7.92. The van der Waals surface area contributed by atoms with Crippen LogP contribution in [-0.2, 0) is 21.3 Å².